The van der Waals surface area contributed by atoms with Crippen molar-refractivity contribution in [2.24, 2.45) is 11.3 Å². The van der Waals surface area contributed by atoms with Crippen molar-refractivity contribution in [1.29, 1.82) is 0 Å². The maximum Gasteiger partial charge on any atom is 0.248 e. The summed E-state index contributed by atoms with van der Waals surface area (Å²) in [5.74, 6) is 0.947. The molecule has 2 aromatic rings. The van der Waals surface area contributed by atoms with E-state index < -0.39 is 0 Å². The van der Waals surface area contributed by atoms with Gasteiger partial charge in [0.25, 0.3) is 0 Å². The highest BCUT2D eigenvalue weighted by atomic mass is 35.5. The second kappa shape index (κ2) is 7.57. The van der Waals surface area contributed by atoms with Crippen molar-refractivity contribution >= 4 is 28.4 Å². The van der Waals surface area contributed by atoms with Gasteiger partial charge in [-0.25, -0.2) is 0 Å². The average molecular weight is 378 g/mol. The number of carbonyl (C=O) groups excluding carboxylic acids is 1. The number of halogens is 1. The lowest BCUT2D eigenvalue weighted by molar-refractivity contribution is -0.137. The first-order chi connectivity index (χ1) is 12.3. The van der Waals surface area contributed by atoms with Crippen LogP contribution in [0.2, 0.25) is 5.02 Å². The van der Waals surface area contributed by atoms with Crippen LogP contribution in [0.1, 0.15) is 45.1 Å². The minimum atomic E-state index is 0.0825. The number of carbonyl (C=O) groups is 1. The zero-order valence-corrected chi connectivity index (χ0v) is 16.8. The molecule has 1 fully saturated rings. The van der Waals surface area contributed by atoms with Crippen LogP contribution in [-0.4, -0.2) is 47.8 Å². The Balaban J connectivity index is 1.77. The molecule has 1 N–H and O–H groups in total. The van der Waals surface area contributed by atoms with E-state index in [1.165, 1.54) is 5.56 Å². The number of piperidine rings is 1. The van der Waals surface area contributed by atoms with Gasteiger partial charge < -0.3 is 9.64 Å². The first-order valence-electron chi connectivity index (χ1n) is 9.23. The molecule has 0 spiro atoms. The van der Waals surface area contributed by atoms with Crippen LogP contribution in [0.4, 0.5) is 0 Å². The molecule has 3 rings (SSSR count). The number of benzene rings is 1. The van der Waals surface area contributed by atoms with Crippen LogP contribution in [0.25, 0.3) is 10.9 Å². The highest BCUT2D eigenvalue weighted by molar-refractivity contribution is 6.31. The van der Waals surface area contributed by atoms with Gasteiger partial charge in [-0.1, -0.05) is 32.4 Å². The van der Waals surface area contributed by atoms with E-state index in [-0.39, 0.29) is 17.9 Å². The number of hydrogen-bond donors (Lipinski definition) is 1. The molecular formula is C20H28ClN3O2. The zero-order valence-electron chi connectivity index (χ0n) is 16.0. The molecule has 2 heterocycles. The molecule has 1 amide bonds. The minimum Gasteiger partial charge on any atom is -0.375 e. The lowest BCUT2D eigenvalue weighted by Crippen LogP contribution is -2.44. The van der Waals surface area contributed by atoms with Gasteiger partial charge in [0.2, 0.25) is 5.91 Å². The van der Waals surface area contributed by atoms with Crippen molar-refractivity contribution in [3.63, 3.8) is 0 Å². The highest BCUT2D eigenvalue weighted by Gasteiger charge is 2.38. The maximum absolute atomic E-state index is 12.0. The molecule has 142 valence electrons. The number of nitrogens with zero attached hydrogens (tertiary/aromatic N) is 2. The lowest BCUT2D eigenvalue weighted by Gasteiger charge is -2.44. The van der Waals surface area contributed by atoms with Crippen LogP contribution < -0.4 is 0 Å². The van der Waals surface area contributed by atoms with Gasteiger partial charge in [-0.3, -0.25) is 9.89 Å². The van der Waals surface area contributed by atoms with Crippen LogP contribution in [0.3, 0.4) is 0 Å². The highest BCUT2D eigenvalue weighted by Crippen LogP contribution is 2.47. The van der Waals surface area contributed by atoms with Crippen LogP contribution in [0.5, 0.6) is 0 Å². The van der Waals surface area contributed by atoms with E-state index in [1.54, 1.807) is 7.11 Å². The number of methoxy groups -OCH3 is 1. The van der Waals surface area contributed by atoms with Gasteiger partial charge in [0, 0.05) is 30.6 Å². The number of rotatable bonds is 5. The normalized spacial score (nSPS) is 17.7. The van der Waals surface area contributed by atoms with E-state index in [1.807, 2.05) is 17.2 Å². The van der Waals surface area contributed by atoms with Crippen molar-refractivity contribution in [2.75, 3.05) is 26.8 Å². The smallest absolute Gasteiger partial charge is 0.248 e. The molecule has 1 aliphatic rings. The van der Waals surface area contributed by atoms with Crippen LogP contribution in [-0.2, 0) is 9.53 Å². The number of aromatic amines is 1. The molecule has 0 aliphatic carbocycles. The van der Waals surface area contributed by atoms with E-state index in [4.69, 9.17) is 16.3 Å². The summed E-state index contributed by atoms with van der Waals surface area (Å²) in [5.41, 5.74) is 2.37. The van der Waals surface area contributed by atoms with Gasteiger partial charge in [0.15, 0.2) is 0 Å². The molecular weight excluding hydrogens is 350 g/mol. The largest absolute Gasteiger partial charge is 0.375 e. The Morgan fingerprint density at radius 3 is 2.77 bits per heavy atom. The third kappa shape index (κ3) is 3.60. The summed E-state index contributed by atoms with van der Waals surface area (Å²) in [6.07, 6.45) is 3.85. The standard InChI is InChI=1S/C20H28ClN3O2/c1-13(17-10-16(21)9-14-11-22-23-19(14)17)20(2,3)15-5-7-24(8-6-15)18(25)12-26-4/h9-11,13,15H,5-8,12H2,1-4H3,(H,22,23)/t13-/m0/s1. The van der Waals surface area contributed by atoms with Gasteiger partial charge in [-0.2, -0.15) is 5.10 Å². The summed E-state index contributed by atoms with van der Waals surface area (Å²) >= 11 is 6.35. The summed E-state index contributed by atoms with van der Waals surface area (Å²) in [6.45, 7) is 8.71. The monoisotopic (exact) mass is 377 g/mol. The molecule has 1 atom stereocenters. The summed E-state index contributed by atoms with van der Waals surface area (Å²) < 4.78 is 4.98. The Bertz CT molecular complexity index is 778. The molecule has 5 nitrogen and oxygen atoms in total. The predicted molar refractivity (Wildman–Crippen MR) is 104 cm³/mol. The van der Waals surface area contributed by atoms with Crippen molar-refractivity contribution in [3.05, 3.63) is 28.9 Å². The van der Waals surface area contributed by atoms with Gasteiger partial charge >= 0.3 is 0 Å². The summed E-state index contributed by atoms with van der Waals surface area (Å²) in [5, 5.41) is 9.12. The van der Waals surface area contributed by atoms with E-state index in [0.29, 0.717) is 11.8 Å². The molecule has 26 heavy (non-hydrogen) atoms. The van der Waals surface area contributed by atoms with Gasteiger partial charge in [-0.05, 0) is 47.8 Å². The molecule has 0 bridgehead atoms. The van der Waals surface area contributed by atoms with Gasteiger partial charge in [0.05, 0.1) is 11.7 Å². The first kappa shape index (κ1) is 19.2. The second-order valence-electron chi connectivity index (χ2n) is 7.96. The Morgan fingerprint density at radius 1 is 1.42 bits per heavy atom. The summed E-state index contributed by atoms with van der Waals surface area (Å²) in [7, 11) is 1.57. The maximum atomic E-state index is 12.0. The van der Waals surface area contributed by atoms with Gasteiger partial charge in [-0.15, -0.1) is 0 Å². The number of aromatic nitrogens is 2. The molecule has 1 aromatic heterocycles. The Kier molecular flexibility index (Phi) is 5.58. The first-order valence-corrected chi connectivity index (χ1v) is 9.61. The van der Waals surface area contributed by atoms with Crippen LogP contribution >= 0.6 is 11.6 Å². The van der Waals surface area contributed by atoms with Crippen molar-refractivity contribution in [2.45, 2.75) is 39.5 Å². The number of amides is 1. The fraction of sp³-hybridized carbons (Fsp3) is 0.600. The van der Waals surface area contributed by atoms with E-state index in [9.17, 15) is 4.79 Å². The topological polar surface area (TPSA) is 58.2 Å². The fourth-order valence-corrected chi connectivity index (χ4v) is 4.47. The van der Waals surface area contributed by atoms with Crippen molar-refractivity contribution in [3.8, 4) is 0 Å². The SMILES string of the molecule is COCC(=O)N1CCC(C(C)(C)[C@@H](C)c2cc(Cl)cc3cn[nH]c23)CC1. The number of likely N-dealkylation sites (tertiary alicyclic amines) is 1. The third-order valence-electron chi connectivity index (χ3n) is 6.29. The number of H-pyrrole nitrogens is 1. The van der Waals surface area contributed by atoms with E-state index in [0.717, 1.165) is 41.9 Å². The summed E-state index contributed by atoms with van der Waals surface area (Å²) in [6, 6.07) is 4.01. The van der Waals surface area contributed by atoms with Crippen molar-refractivity contribution in [1.82, 2.24) is 15.1 Å². The van der Waals surface area contributed by atoms with E-state index in [2.05, 4.69) is 37.0 Å². The van der Waals surface area contributed by atoms with E-state index >= 15 is 0 Å². The Hall–Kier alpha value is -1.59. The third-order valence-corrected chi connectivity index (χ3v) is 6.51. The summed E-state index contributed by atoms with van der Waals surface area (Å²) in [4.78, 5) is 14.0. The zero-order chi connectivity index (χ0) is 18.9. The molecule has 6 heteroatoms. The molecule has 1 aromatic carbocycles. The molecule has 0 unspecified atom stereocenters. The Labute approximate surface area is 160 Å². The van der Waals surface area contributed by atoms with Crippen LogP contribution in [0.15, 0.2) is 18.3 Å². The Morgan fingerprint density at radius 2 is 2.12 bits per heavy atom. The second-order valence-corrected chi connectivity index (χ2v) is 8.40. The van der Waals surface area contributed by atoms with Gasteiger partial charge in [0.1, 0.15) is 6.61 Å². The molecule has 1 saturated heterocycles. The number of nitrogens with one attached hydrogen (secondary N) is 1. The van der Waals surface area contributed by atoms with Crippen LogP contribution in [0, 0.1) is 11.3 Å². The number of fused-ring (bicyclic) bond motifs is 1. The predicted octanol–water partition coefficient (Wildman–Crippen LogP) is 4.23. The average Bonchev–Trinajstić information content (AvgIpc) is 3.09. The molecule has 0 radical (unpaired) electrons. The number of hydrogen-bond acceptors (Lipinski definition) is 3. The minimum absolute atomic E-state index is 0.0825. The number of ether oxygens (including phenoxy) is 1. The van der Waals surface area contributed by atoms with Crippen molar-refractivity contribution < 1.29 is 9.53 Å². The molecule has 0 saturated carbocycles. The quantitative estimate of drug-likeness (QED) is 0.848. The molecule has 1 aliphatic heterocycles. The fourth-order valence-electron chi connectivity index (χ4n) is 4.23. The lowest BCUT2D eigenvalue weighted by atomic mass is 9.64.